The summed E-state index contributed by atoms with van der Waals surface area (Å²) in [5.74, 6) is 0.546. The van der Waals surface area contributed by atoms with Crippen LogP contribution in [0.25, 0.3) is 10.8 Å². The molecule has 1 amide bonds. The maximum atomic E-state index is 12.9. The smallest absolute Gasteiger partial charge is 0.243 e. The summed E-state index contributed by atoms with van der Waals surface area (Å²) in [5.41, 5.74) is 1.05. The number of ether oxygens (including phenoxy) is 1. The number of hydrogen-bond donors (Lipinski definition) is 1. The van der Waals surface area contributed by atoms with Crippen molar-refractivity contribution >= 4 is 26.7 Å². The molecule has 1 N–H and O–H groups in total. The number of fused-ring (bicyclic) bond motifs is 1. The normalized spacial score (nSPS) is 16.4. The van der Waals surface area contributed by atoms with E-state index in [1.807, 2.05) is 30.0 Å². The molecule has 0 radical (unpaired) electrons. The van der Waals surface area contributed by atoms with Crippen LogP contribution in [0, 0.1) is 0 Å². The molecule has 0 bridgehead atoms. The predicted molar refractivity (Wildman–Crippen MR) is 129 cm³/mol. The first kappa shape index (κ1) is 23.2. The van der Waals surface area contributed by atoms with E-state index in [9.17, 15) is 13.2 Å². The minimum atomic E-state index is -3.56. The summed E-state index contributed by atoms with van der Waals surface area (Å²) in [4.78, 5) is 14.9. The Hall–Kier alpha value is -2.94. The Morgan fingerprint density at radius 1 is 0.970 bits per heavy atom. The topological polar surface area (TPSA) is 79.0 Å². The molecular formula is C25H29N3O4S. The first-order chi connectivity index (χ1) is 15.9. The van der Waals surface area contributed by atoms with E-state index in [1.54, 1.807) is 31.4 Å². The van der Waals surface area contributed by atoms with Crippen molar-refractivity contribution in [3.8, 4) is 5.75 Å². The Balaban J connectivity index is 1.30. The number of hydrogen-bond acceptors (Lipinski definition) is 5. The van der Waals surface area contributed by atoms with Crippen LogP contribution < -0.4 is 10.1 Å². The van der Waals surface area contributed by atoms with Crippen molar-refractivity contribution in [2.75, 3.05) is 39.8 Å². The van der Waals surface area contributed by atoms with E-state index in [-0.39, 0.29) is 23.4 Å². The fourth-order valence-electron chi connectivity index (χ4n) is 4.08. The zero-order chi connectivity index (χ0) is 23.4. The lowest BCUT2D eigenvalue weighted by atomic mass is 10.0. The molecule has 4 rings (SSSR count). The lowest BCUT2D eigenvalue weighted by Gasteiger charge is -2.33. The van der Waals surface area contributed by atoms with Crippen molar-refractivity contribution in [2.24, 2.45) is 0 Å². The minimum Gasteiger partial charge on any atom is -0.497 e. The van der Waals surface area contributed by atoms with Gasteiger partial charge in [0, 0.05) is 26.2 Å². The number of sulfonamides is 1. The third-order valence-corrected chi connectivity index (χ3v) is 7.96. The molecule has 3 aromatic carbocycles. The third-order valence-electron chi connectivity index (χ3n) is 6.05. The van der Waals surface area contributed by atoms with Crippen LogP contribution in [0.2, 0.25) is 0 Å². The van der Waals surface area contributed by atoms with Crippen molar-refractivity contribution < 1.29 is 17.9 Å². The Bertz CT molecular complexity index is 1220. The van der Waals surface area contributed by atoms with Crippen LogP contribution in [0.15, 0.2) is 71.6 Å². The number of piperazine rings is 1. The van der Waals surface area contributed by atoms with Gasteiger partial charge in [-0.25, -0.2) is 8.42 Å². The SMILES string of the molecule is COc1ccc(S(=O)(=O)N2CCN(CC(=O)NC(C)c3ccc4ccccc4c3)CC2)cc1. The van der Waals surface area contributed by atoms with E-state index < -0.39 is 10.0 Å². The molecule has 0 aromatic heterocycles. The van der Waals surface area contributed by atoms with Crippen molar-refractivity contribution in [1.82, 2.24) is 14.5 Å². The second kappa shape index (κ2) is 9.91. The van der Waals surface area contributed by atoms with Gasteiger partial charge in [0.15, 0.2) is 0 Å². The molecule has 3 aromatic rings. The van der Waals surface area contributed by atoms with E-state index in [0.717, 1.165) is 10.9 Å². The van der Waals surface area contributed by atoms with Gasteiger partial charge in [-0.3, -0.25) is 9.69 Å². The minimum absolute atomic E-state index is 0.0675. The highest BCUT2D eigenvalue weighted by Crippen LogP contribution is 2.22. The first-order valence-electron chi connectivity index (χ1n) is 11.0. The van der Waals surface area contributed by atoms with Gasteiger partial charge in [0.1, 0.15) is 5.75 Å². The van der Waals surface area contributed by atoms with Crippen LogP contribution in [0.3, 0.4) is 0 Å². The number of benzene rings is 3. The van der Waals surface area contributed by atoms with E-state index in [2.05, 4.69) is 29.6 Å². The number of carbonyl (C=O) groups is 1. The zero-order valence-electron chi connectivity index (χ0n) is 18.9. The van der Waals surface area contributed by atoms with Crippen molar-refractivity contribution in [2.45, 2.75) is 17.9 Å². The molecule has 7 nitrogen and oxygen atoms in total. The van der Waals surface area contributed by atoms with E-state index in [4.69, 9.17) is 4.74 Å². The Morgan fingerprint density at radius 3 is 2.30 bits per heavy atom. The summed E-state index contributed by atoms with van der Waals surface area (Å²) in [6, 6.07) is 20.6. The van der Waals surface area contributed by atoms with Gasteiger partial charge in [0.25, 0.3) is 0 Å². The molecule has 8 heteroatoms. The van der Waals surface area contributed by atoms with E-state index in [1.165, 1.54) is 9.69 Å². The highest BCUT2D eigenvalue weighted by atomic mass is 32.2. The van der Waals surface area contributed by atoms with Crippen LogP contribution in [-0.4, -0.2) is 63.4 Å². The maximum Gasteiger partial charge on any atom is 0.243 e. The standard InChI is InChI=1S/C25H29N3O4S/c1-19(21-8-7-20-5-3-4-6-22(20)17-21)26-25(29)18-27-13-15-28(16-14-27)33(30,31)24-11-9-23(32-2)10-12-24/h3-12,17,19H,13-16,18H2,1-2H3,(H,26,29). The zero-order valence-corrected chi connectivity index (χ0v) is 19.7. The summed E-state index contributed by atoms with van der Waals surface area (Å²) < 4.78 is 32.4. The summed E-state index contributed by atoms with van der Waals surface area (Å²) >= 11 is 0. The van der Waals surface area contributed by atoms with Gasteiger partial charge in [-0.2, -0.15) is 4.31 Å². The van der Waals surface area contributed by atoms with Crippen LogP contribution >= 0.6 is 0 Å². The third kappa shape index (κ3) is 5.35. The van der Waals surface area contributed by atoms with Gasteiger partial charge in [-0.05, 0) is 53.6 Å². The summed E-state index contributed by atoms with van der Waals surface area (Å²) in [6.07, 6.45) is 0. The molecule has 1 saturated heterocycles. The largest absolute Gasteiger partial charge is 0.497 e. The number of nitrogens with one attached hydrogen (secondary N) is 1. The summed E-state index contributed by atoms with van der Waals surface area (Å²) in [6.45, 7) is 3.93. The van der Waals surface area contributed by atoms with Crippen LogP contribution in [-0.2, 0) is 14.8 Å². The summed E-state index contributed by atoms with van der Waals surface area (Å²) in [5, 5.41) is 5.37. The first-order valence-corrected chi connectivity index (χ1v) is 12.5. The molecule has 33 heavy (non-hydrogen) atoms. The van der Waals surface area contributed by atoms with Gasteiger partial charge in [-0.15, -0.1) is 0 Å². The molecule has 1 heterocycles. The fraction of sp³-hybridized carbons (Fsp3) is 0.320. The van der Waals surface area contributed by atoms with Gasteiger partial charge in [0.2, 0.25) is 15.9 Å². The molecule has 1 atom stereocenters. The quantitative estimate of drug-likeness (QED) is 0.578. The van der Waals surface area contributed by atoms with E-state index >= 15 is 0 Å². The lowest BCUT2D eigenvalue weighted by molar-refractivity contribution is -0.123. The lowest BCUT2D eigenvalue weighted by Crippen LogP contribution is -2.51. The van der Waals surface area contributed by atoms with Gasteiger partial charge < -0.3 is 10.1 Å². The second-order valence-corrected chi connectivity index (χ2v) is 10.2. The van der Waals surface area contributed by atoms with Crippen molar-refractivity contribution in [3.05, 3.63) is 72.3 Å². The molecule has 0 saturated carbocycles. The Morgan fingerprint density at radius 2 is 1.64 bits per heavy atom. The highest BCUT2D eigenvalue weighted by Gasteiger charge is 2.29. The van der Waals surface area contributed by atoms with Crippen LogP contribution in [0.5, 0.6) is 5.75 Å². The number of carbonyl (C=O) groups excluding carboxylic acids is 1. The van der Waals surface area contributed by atoms with Crippen LogP contribution in [0.1, 0.15) is 18.5 Å². The molecule has 174 valence electrons. The molecule has 1 unspecified atom stereocenters. The number of amides is 1. The highest BCUT2D eigenvalue weighted by molar-refractivity contribution is 7.89. The van der Waals surface area contributed by atoms with Crippen LogP contribution in [0.4, 0.5) is 0 Å². The number of rotatable bonds is 7. The molecule has 1 fully saturated rings. The molecule has 0 spiro atoms. The number of methoxy groups -OCH3 is 1. The van der Waals surface area contributed by atoms with Gasteiger partial charge in [-0.1, -0.05) is 36.4 Å². The average Bonchev–Trinajstić information content (AvgIpc) is 2.84. The van der Waals surface area contributed by atoms with Gasteiger partial charge in [0.05, 0.1) is 24.6 Å². The molecule has 1 aliphatic heterocycles. The number of nitrogens with zero attached hydrogens (tertiary/aromatic N) is 2. The molecule has 1 aliphatic rings. The Kier molecular flexibility index (Phi) is 6.97. The monoisotopic (exact) mass is 467 g/mol. The van der Waals surface area contributed by atoms with Crippen molar-refractivity contribution in [3.63, 3.8) is 0 Å². The second-order valence-electron chi connectivity index (χ2n) is 8.25. The summed E-state index contributed by atoms with van der Waals surface area (Å²) in [7, 11) is -2.02. The predicted octanol–water partition coefficient (Wildman–Crippen LogP) is 3.03. The Labute approximate surface area is 195 Å². The maximum absolute atomic E-state index is 12.9. The molecule has 0 aliphatic carbocycles. The molecular weight excluding hydrogens is 438 g/mol. The van der Waals surface area contributed by atoms with Gasteiger partial charge >= 0.3 is 0 Å². The van der Waals surface area contributed by atoms with E-state index in [0.29, 0.717) is 31.9 Å². The fourth-order valence-corrected chi connectivity index (χ4v) is 5.50. The van der Waals surface area contributed by atoms with Crippen molar-refractivity contribution in [1.29, 1.82) is 0 Å². The average molecular weight is 468 g/mol.